The van der Waals surface area contributed by atoms with Gasteiger partial charge in [-0.25, -0.2) is 0 Å². The van der Waals surface area contributed by atoms with Crippen molar-refractivity contribution in [3.05, 3.63) is 28.2 Å². The maximum atomic E-state index is 5.84. The molecule has 0 spiro atoms. The van der Waals surface area contributed by atoms with E-state index in [1.165, 1.54) is 0 Å². The van der Waals surface area contributed by atoms with Crippen LogP contribution in [0, 0.1) is 0 Å². The van der Waals surface area contributed by atoms with Crippen LogP contribution in [-0.2, 0) is 4.74 Å². The average Bonchev–Trinajstić information content (AvgIpc) is 2.11. The maximum absolute atomic E-state index is 5.84. The SMILES string of the molecule is CCOCOc1cc(Cl)ccc1Cl. The van der Waals surface area contributed by atoms with E-state index in [-0.39, 0.29) is 6.79 Å². The summed E-state index contributed by atoms with van der Waals surface area (Å²) in [6.45, 7) is 2.69. The van der Waals surface area contributed by atoms with Crippen molar-refractivity contribution in [2.24, 2.45) is 0 Å². The van der Waals surface area contributed by atoms with E-state index in [0.29, 0.717) is 22.4 Å². The molecule has 2 nitrogen and oxygen atoms in total. The Bertz CT molecular complexity index is 276. The van der Waals surface area contributed by atoms with E-state index in [2.05, 4.69) is 0 Å². The fourth-order valence-corrected chi connectivity index (χ4v) is 1.11. The monoisotopic (exact) mass is 220 g/mol. The molecule has 0 saturated carbocycles. The van der Waals surface area contributed by atoms with Gasteiger partial charge in [0, 0.05) is 17.7 Å². The summed E-state index contributed by atoms with van der Waals surface area (Å²) in [4.78, 5) is 0. The molecule has 0 saturated heterocycles. The molecule has 0 atom stereocenters. The predicted molar refractivity (Wildman–Crippen MR) is 53.6 cm³/mol. The molecule has 1 aromatic rings. The molecular formula is C9H10Cl2O2. The van der Waals surface area contributed by atoms with E-state index < -0.39 is 0 Å². The third kappa shape index (κ3) is 3.43. The predicted octanol–water partition coefficient (Wildman–Crippen LogP) is 3.37. The van der Waals surface area contributed by atoms with Gasteiger partial charge >= 0.3 is 0 Å². The van der Waals surface area contributed by atoms with Gasteiger partial charge in [-0.15, -0.1) is 0 Å². The second-order valence-electron chi connectivity index (χ2n) is 2.33. The molecule has 13 heavy (non-hydrogen) atoms. The van der Waals surface area contributed by atoms with Crippen molar-refractivity contribution in [2.45, 2.75) is 6.92 Å². The molecule has 1 aromatic carbocycles. The molecule has 0 bridgehead atoms. The molecular weight excluding hydrogens is 211 g/mol. The molecule has 0 aliphatic heterocycles. The zero-order chi connectivity index (χ0) is 9.68. The molecule has 0 amide bonds. The number of rotatable bonds is 4. The Morgan fingerprint density at radius 2 is 2.08 bits per heavy atom. The second kappa shape index (κ2) is 5.32. The minimum absolute atomic E-state index is 0.191. The smallest absolute Gasteiger partial charge is 0.189 e. The fourth-order valence-electron chi connectivity index (χ4n) is 0.776. The van der Waals surface area contributed by atoms with Crippen molar-refractivity contribution >= 4 is 23.2 Å². The zero-order valence-corrected chi connectivity index (χ0v) is 8.73. The second-order valence-corrected chi connectivity index (χ2v) is 3.17. The lowest BCUT2D eigenvalue weighted by atomic mass is 10.3. The first-order valence-electron chi connectivity index (χ1n) is 3.89. The number of halogens is 2. The third-order valence-electron chi connectivity index (χ3n) is 1.40. The van der Waals surface area contributed by atoms with Gasteiger partial charge in [0.25, 0.3) is 0 Å². The summed E-state index contributed by atoms with van der Waals surface area (Å²) in [5, 5.41) is 1.13. The molecule has 0 aromatic heterocycles. The van der Waals surface area contributed by atoms with Crippen molar-refractivity contribution in [3.8, 4) is 5.75 Å². The lowest BCUT2D eigenvalue weighted by molar-refractivity contribution is 0.0225. The number of ether oxygens (including phenoxy) is 2. The highest BCUT2D eigenvalue weighted by molar-refractivity contribution is 6.34. The third-order valence-corrected chi connectivity index (χ3v) is 1.94. The number of hydrogen-bond donors (Lipinski definition) is 0. The van der Waals surface area contributed by atoms with Gasteiger partial charge in [0.2, 0.25) is 0 Å². The first-order valence-corrected chi connectivity index (χ1v) is 4.65. The zero-order valence-electron chi connectivity index (χ0n) is 7.22. The van der Waals surface area contributed by atoms with Crippen molar-refractivity contribution < 1.29 is 9.47 Å². The maximum Gasteiger partial charge on any atom is 0.189 e. The Morgan fingerprint density at radius 1 is 1.31 bits per heavy atom. The molecule has 4 heteroatoms. The van der Waals surface area contributed by atoms with Crippen LogP contribution in [0.25, 0.3) is 0 Å². The van der Waals surface area contributed by atoms with Gasteiger partial charge in [-0.05, 0) is 19.1 Å². The summed E-state index contributed by atoms with van der Waals surface area (Å²) in [7, 11) is 0. The molecule has 0 fully saturated rings. The van der Waals surface area contributed by atoms with Gasteiger partial charge < -0.3 is 9.47 Å². The van der Waals surface area contributed by atoms with Crippen molar-refractivity contribution in [3.63, 3.8) is 0 Å². The lowest BCUT2D eigenvalue weighted by Crippen LogP contribution is -2.02. The average molecular weight is 221 g/mol. The van der Waals surface area contributed by atoms with Gasteiger partial charge in [0.05, 0.1) is 5.02 Å². The van der Waals surface area contributed by atoms with E-state index in [1.807, 2.05) is 6.92 Å². The van der Waals surface area contributed by atoms with E-state index in [0.717, 1.165) is 0 Å². The van der Waals surface area contributed by atoms with E-state index in [4.69, 9.17) is 32.7 Å². The summed E-state index contributed by atoms with van der Waals surface area (Å²) >= 11 is 11.6. The van der Waals surface area contributed by atoms with E-state index in [9.17, 15) is 0 Å². The first-order chi connectivity index (χ1) is 6.24. The minimum atomic E-state index is 0.191. The summed E-state index contributed by atoms with van der Waals surface area (Å²) in [5.41, 5.74) is 0. The minimum Gasteiger partial charge on any atom is -0.466 e. The molecule has 0 N–H and O–H groups in total. The molecule has 1 rings (SSSR count). The molecule has 0 aliphatic rings. The molecule has 0 heterocycles. The standard InChI is InChI=1S/C9H10Cl2O2/c1-2-12-6-13-9-5-7(10)3-4-8(9)11/h3-5H,2,6H2,1H3. The highest BCUT2D eigenvalue weighted by Gasteiger charge is 2.01. The van der Waals surface area contributed by atoms with Crippen LogP contribution in [0.5, 0.6) is 5.75 Å². The molecule has 0 radical (unpaired) electrons. The Kier molecular flexibility index (Phi) is 4.36. The van der Waals surface area contributed by atoms with E-state index in [1.54, 1.807) is 18.2 Å². The van der Waals surface area contributed by atoms with Gasteiger partial charge in [0.1, 0.15) is 5.75 Å². The topological polar surface area (TPSA) is 18.5 Å². The summed E-state index contributed by atoms with van der Waals surface area (Å²) in [6.07, 6.45) is 0. The highest BCUT2D eigenvalue weighted by Crippen LogP contribution is 2.27. The van der Waals surface area contributed by atoms with Crippen LogP contribution in [0.2, 0.25) is 10.0 Å². The first kappa shape index (κ1) is 10.6. The summed E-state index contributed by atoms with van der Waals surface area (Å²) in [6, 6.07) is 5.05. The highest BCUT2D eigenvalue weighted by atomic mass is 35.5. The van der Waals surface area contributed by atoms with Crippen LogP contribution in [0.15, 0.2) is 18.2 Å². The Morgan fingerprint density at radius 3 is 2.77 bits per heavy atom. The lowest BCUT2D eigenvalue weighted by Gasteiger charge is -2.07. The van der Waals surface area contributed by atoms with Gasteiger partial charge in [0.15, 0.2) is 6.79 Å². The fraction of sp³-hybridized carbons (Fsp3) is 0.333. The molecule has 0 aliphatic carbocycles. The van der Waals surface area contributed by atoms with Gasteiger partial charge in [-0.1, -0.05) is 23.2 Å². The molecule has 72 valence electrons. The van der Waals surface area contributed by atoms with Crippen molar-refractivity contribution in [1.29, 1.82) is 0 Å². The van der Waals surface area contributed by atoms with Crippen LogP contribution in [0.1, 0.15) is 6.92 Å². The van der Waals surface area contributed by atoms with Crippen LogP contribution in [-0.4, -0.2) is 13.4 Å². The van der Waals surface area contributed by atoms with Crippen molar-refractivity contribution in [1.82, 2.24) is 0 Å². The van der Waals surface area contributed by atoms with Gasteiger partial charge in [-0.2, -0.15) is 0 Å². The molecule has 0 unspecified atom stereocenters. The van der Waals surface area contributed by atoms with E-state index >= 15 is 0 Å². The van der Waals surface area contributed by atoms with Crippen LogP contribution >= 0.6 is 23.2 Å². The summed E-state index contributed by atoms with van der Waals surface area (Å²) in [5.74, 6) is 0.544. The number of benzene rings is 1. The van der Waals surface area contributed by atoms with Crippen molar-refractivity contribution in [2.75, 3.05) is 13.4 Å². The van der Waals surface area contributed by atoms with Crippen LogP contribution in [0.3, 0.4) is 0 Å². The quantitative estimate of drug-likeness (QED) is 0.573. The number of hydrogen-bond acceptors (Lipinski definition) is 2. The van der Waals surface area contributed by atoms with Crippen LogP contribution < -0.4 is 4.74 Å². The Balaban J connectivity index is 2.59. The Hall–Kier alpha value is -0.440. The normalized spacial score (nSPS) is 10.1. The van der Waals surface area contributed by atoms with Crippen LogP contribution in [0.4, 0.5) is 0 Å². The van der Waals surface area contributed by atoms with Gasteiger partial charge in [-0.3, -0.25) is 0 Å². The Labute approximate surface area is 87.4 Å². The largest absolute Gasteiger partial charge is 0.466 e. The summed E-state index contributed by atoms with van der Waals surface area (Å²) < 4.78 is 10.2.